The maximum absolute atomic E-state index is 14.0. The minimum atomic E-state index is -0.550. The molecule has 0 saturated carbocycles. The van der Waals surface area contributed by atoms with Gasteiger partial charge in [0.2, 0.25) is 5.91 Å². The molecule has 0 radical (unpaired) electrons. The van der Waals surface area contributed by atoms with Crippen LogP contribution < -0.4 is 4.90 Å². The van der Waals surface area contributed by atoms with E-state index in [0.717, 1.165) is 5.69 Å². The highest BCUT2D eigenvalue weighted by atomic mass is 19.1. The van der Waals surface area contributed by atoms with Gasteiger partial charge in [-0.15, -0.1) is 0 Å². The number of rotatable bonds is 7. The first kappa shape index (κ1) is 24.4. The van der Waals surface area contributed by atoms with Crippen molar-refractivity contribution in [2.45, 2.75) is 26.8 Å². The van der Waals surface area contributed by atoms with Crippen LogP contribution in [0.1, 0.15) is 36.8 Å². The zero-order chi connectivity index (χ0) is 24.9. The van der Waals surface area contributed by atoms with Crippen LogP contribution in [0.4, 0.5) is 10.1 Å². The molecule has 1 aromatic heterocycles. The Labute approximate surface area is 204 Å². The molecular weight excluding hydrogens is 447 g/mol. The van der Waals surface area contributed by atoms with Crippen LogP contribution in [0.2, 0.25) is 0 Å². The first-order valence-electron chi connectivity index (χ1n) is 11.8. The van der Waals surface area contributed by atoms with Gasteiger partial charge in [0.15, 0.2) is 5.82 Å². The Bertz CT molecular complexity index is 1220. The summed E-state index contributed by atoms with van der Waals surface area (Å²) in [5.74, 6) is 0.536. The van der Waals surface area contributed by atoms with E-state index in [4.69, 9.17) is 4.52 Å². The summed E-state index contributed by atoms with van der Waals surface area (Å²) >= 11 is 0. The average molecular weight is 477 g/mol. The molecule has 182 valence electrons. The largest absolute Gasteiger partial charge is 0.368 e. The van der Waals surface area contributed by atoms with Gasteiger partial charge in [-0.25, -0.2) is 4.39 Å². The van der Waals surface area contributed by atoms with E-state index in [1.54, 1.807) is 24.0 Å². The van der Waals surface area contributed by atoms with Gasteiger partial charge in [-0.2, -0.15) is 10.2 Å². The van der Waals surface area contributed by atoms with Gasteiger partial charge in [-0.3, -0.25) is 9.69 Å². The number of likely N-dealkylation sites (N-methyl/N-ethyl adjacent to an activating group) is 1. The predicted molar refractivity (Wildman–Crippen MR) is 130 cm³/mol. The van der Waals surface area contributed by atoms with E-state index < -0.39 is 6.04 Å². The van der Waals surface area contributed by atoms with Crippen molar-refractivity contribution < 1.29 is 13.7 Å². The number of anilines is 1. The van der Waals surface area contributed by atoms with E-state index in [1.165, 1.54) is 12.1 Å². The molecule has 2 aromatic carbocycles. The summed E-state index contributed by atoms with van der Waals surface area (Å²) in [6, 6.07) is 13.6. The fraction of sp³-hybridized carbons (Fsp3) is 0.385. The standard InChI is InChI=1S/C26H29FN6O2/c1-4-31(5-2)26(34)24(19-7-6-8-22(27)16-19)33-13-11-32(12-14-33)23-10-9-20(15-21(23)17-28)25-29-18(3)30-35-25/h6-10,15-16,24H,4-5,11-14H2,1-3H3. The molecule has 4 rings (SSSR count). The smallest absolute Gasteiger partial charge is 0.257 e. The molecule has 1 amide bonds. The summed E-state index contributed by atoms with van der Waals surface area (Å²) in [7, 11) is 0. The lowest BCUT2D eigenvalue weighted by Crippen LogP contribution is -2.51. The van der Waals surface area contributed by atoms with E-state index in [0.29, 0.717) is 67.7 Å². The summed E-state index contributed by atoms with van der Waals surface area (Å²) in [4.78, 5) is 23.7. The van der Waals surface area contributed by atoms with Gasteiger partial charge in [0.05, 0.1) is 11.3 Å². The second-order valence-electron chi connectivity index (χ2n) is 8.48. The molecule has 1 aliphatic heterocycles. The molecule has 0 bridgehead atoms. The van der Waals surface area contributed by atoms with Gasteiger partial charge in [-0.05, 0) is 56.7 Å². The van der Waals surface area contributed by atoms with Gasteiger partial charge in [-0.1, -0.05) is 17.3 Å². The zero-order valence-electron chi connectivity index (χ0n) is 20.2. The van der Waals surface area contributed by atoms with Crippen LogP contribution in [-0.4, -0.2) is 65.1 Å². The molecule has 9 heteroatoms. The van der Waals surface area contributed by atoms with Crippen molar-refractivity contribution in [2.24, 2.45) is 0 Å². The molecule has 35 heavy (non-hydrogen) atoms. The molecule has 2 heterocycles. The number of nitriles is 1. The lowest BCUT2D eigenvalue weighted by Gasteiger charge is -2.41. The molecule has 0 spiro atoms. The zero-order valence-corrected chi connectivity index (χ0v) is 20.2. The lowest BCUT2D eigenvalue weighted by atomic mass is 10.0. The molecule has 8 nitrogen and oxygen atoms in total. The van der Waals surface area contributed by atoms with Crippen LogP contribution in [0.3, 0.4) is 0 Å². The number of nitrogens with zero attached hydrogens (tertiary/aromatic N) is 6. The predicted octanol–water partition coefficient (Wildman–Crippen LogP) is 3.79. The highest BCUT2D eigenvalue weighted by Crippen LogP contribution is 2.30. The third kappa shape index (κ3) is 5.17. The molecule has 0 aliphatic carbocycles. The third-order valence-electron chi connectivity index (χ3n) is 6.39. The van der Waals surface area contributed by atoms with Gasteiger partial charge in [0.1, 0.15) is 17.9 Å². The molecule has 1 fully saturated rings. The SMILES string of the molecule is CCN(CC)C(=O)C(c1cccc(F)c1)N1CCN(c2ccc(-c3nc(C)no3)cc2C#N)CC1. The quantitative estimate of drug-likeness (QED) is 0.513. The molecule has 0 N–H and O–H groups in total. The van der Waals surface area contributed by atoms with Crippen LogP contribution in [-0.2, 0) is 4.79 Å². The Balaban J connectivity index is 1.55. The Morgan fingerprint density at radius 1 is 1.17 bits per heavy atom. The van der Waals surface area contributed by atoms with Crippen molar-refractivity contribution in [3.05, 3.63) is 65.2 Å². The number of hydrogen-bond donors (Lipinski definition) is 0. The van der Waals surface area contributed by atoms with Crippen LogP contribution in [0.25, 0.3) is 11.5 Å². The van der Waals surface area contributed by atoms with Crippen molar-refractivity contribution in [2.75, 3.05) is 44.2 Å². The molecule has 1 atom stereocenters. The summed E-state index contributed by atoms with van der Waals surface area (Å²) in [5.41, 5.74) is 2.70. The van der Waals surface area contributed by atoms with Crippen LogP contribution >= 0.6 is 0 Å². The Morgan fingerprint density at radius 3 is 2.51 bits per heavy atom. The van der Waals surface area contributed by atoms with E-state index in [-0.39, 0.29) is 11.7 Å². The Hall–Kier alpha value is -3.77. The van der Waals surface area contributed by atoms with E-state index in [9.17, 15) is 14.4 Å². The summed E-state index contributed by atoms with van der Waals surface area (Å²) in [6.45, 7) is 9.30. The lowest BCUT2D eigenvalue weighted by molar-refractivity contribution is -0.137. The highest BCUT2D eigenvalue weighted by Gasteiger charge is 2.33. The van der Waals surface area contributed by atoms with E-state index >= 15 is 0 Å². The number of benzene rings is 2. The van der Waals surface area contributed by atoms with Crippen LogP contribution in [0.15, 0.2) is 47.0 Å². The highest BCUT2D eigenvalue weighted by molar-refractivity contribution is 5.83. The van der Waals surface area contributed by atoms with Gasteiger partial charge in [0, 0.05) is 44.8 Å². The van der Waals surface area contributed by atoms with Crippen molar-refractivity contribution in [3.8, 4) is 17.5 Å². The summed E-state index contributed by atoms with van der Waals surface area (Å²) < 4.78 is 19.3. The number of halogens is 1. The van der Waals surface area contributed by atoms with Crippen molar-refractivity contribution in [1.82, 2.24) is 19.9 Å². The fourth-order valence-corrected chi connectivity index (χ4v) is 4.56. The van der Waals surface area contributed by atoms with E-state index in [2.05, 4.69) is 26.0 Å². The van der Waals surface area contributed by atoms with Crippen molar-refractivity contribution >= 4 is 11.6 Å². The first-order chi connectivity index (χ1) is 16.9. The molecule has 1 unspecified atom stereocenters. The summed E-state index contributed by atoms with van der Waals surface area (Å²) in [6.07, 6.45) is 0. The maximum atomic E-state index is 14.0. The van der Waals surface area contributed by atoms with Crippen molar-refractivity contribution in [1.29, 1.82) is 5.26 Å². The number of hydrogen-bond acceptors (Lipinski definition) is 7. The number of carbonyl (C=O) groups is 1. The van der Waals surface area contributed by atoms with Crippen molar-refractivity contribution in [3.63, 3.8) is 0 Å². The topological polar surface area (TPSA) is 89.5 Å². The number of amides is 1. The minimum Gasteiger partial charge on any atom is -0.368 e. The molecular formula is C26H29FN6O2. The Kier molecular flexibility index (Phi) is 7.42. The van der Waals surface area contributed by atoms with Crippen LogP contribution in [0.5, 0.6) is 0 Å². The maximum Gasteiger partial charge on any atom is 0.257 e. The average Bonchev–Trinajstić information content (AvgIpc) is 3.31. The third-order valence-corrected chi connectivity index (χ3v) is 6.39. The fourth-order valence-electron chi connectivity index (χ4n) is 4.56. The number of aromatic nitrogens is 2. The molecule has 3 aromatic rings. The van der Waals surface area contributed by atoms with Gasteiger partial charge < -0.3 is 14.3 Å². The van der Waals surface area contributed by atoms with Gasteiger partial charge >= 0.3 is 0 Å². The van der Waals surface area contributed by atoms with Gasteiger partial charge in [0.25, 0.3) is 5.89 Å². The normalized spacial score (nSPS) is 15.0. The first-order valence-corrected chi connectivity index (χ1v) is 11.8. The van der Waals surface area contributed by atoms with Crippen LogP contribution in [0, 0.1) is 24.1 Å². The second-order valence-corrected chi connectivity index (χ2v) is 8.48. The Morgan fingerprint density at radius 2 is 1.91 bits per heavy atom. The number of carbonyl (C=O) groups excluding carboxylic acids is 1. The monoisotopic (exact) mass is 476 g/mol. The van der Waals surface area contributed by atoms with E-state index in [1.807, 2.05) is 32.0 Å². The molecule has 1 saturated heterocycles. The number of piperazine rings is 1. The number of aryl methyl sites for hydroxylation is 1. The minimum absolute atomic E-state index is 0.0223. The molecule has 1 aliphatic rings. The summed E-state index contributed by atoms with van der Waals surface area (Å²) in [5, 5.41) is 13.6. The second kappa shape index (κ2) is 10.7.